The van der Waals surface area contributed by atoms with Gasteiger partial charge in [0.05, 0.1) is 11.4 Å². The fourth-order valence-corrected chi connectivity index (χ4v) is 4.42. The molecule has 1 aromatic heterocycles. The van der Waals surface area contributed by atoms with Crippen LogP contribution >= 0.6 is 23.1 Å². The maximum atomic E-state index is 12.2. The van der Waals surface area contributed by atoms with E-state index in [4.69, 9.17) is 4.99 Å². The van der Waals surface area contributed by atoms with Gasteiger partial charge in [-0.1, -0.05) is 49.2 Å². The third-order valence-electron chi connectivity index (χ3n) is 4.42. The van der Waals surface area contributed by atoms with Crippen LogP contribution in [0.3, 0.4) is 0 Å². The van der Waals surface area contributed by atoms with Gasteiger partial charge in [0.1, 0.15) is 0 Å². The van der Waals surface area contributed by atoms with E-state index in [1.54, 1.807) is 6.20 Å². The van der Waals surface area contributed by atoms with E-state index in [1.807, 2.05) is 35.7 Å². The van der Waals surface area contributed by atoms with Gasteiger partial charge < -0.3 is 10.2 Å². The van der Waals surface area contributed by atoms with Crippen LogP contribution in [0.4, 0.5) is 10.8 Å². The summed E-state index contributed by atoms with van der Waals surface area (Å²) >= 11 is 2.91. The molecule has 1 N–H and O–H groups in total. The van der Waals surface area contributed by atoms with Crippen LogP contribution in [0, 0.1) is 0 Å². The van der Waals surface area contributed by atoms with Crippen LogP contribution in [0.2, 0.25) is 0 Å². The van der Waals surface area contributed by atoms with Gasteiger partial charge in [0.2, 0.25) is 5.91 Å². The number of nitrogens with zero attached hydrogens (tertiary/aromatic N) is 3. The maximum absolute atomic E-state index is 12.2. The Labute approximate surface area is 162 Å². The second-order valence-electron chi connectivity index (χ2n) is 6.31. The molecule has 1 saturated carbocycles. The van der Waals surface area contributed by atoms with Gasteiger partial charge in [0, 0.05) is 24.7 Å². The molecule has 1 amide bonds. The second-order valence-corrected chi connectivity index (χ2v) is 8.14. The summed E-state index contributed by atoms with van der Waals surface area (Å²) in [4.78, 5) is 23.4. The Morgan fingerprint density at radius 2 is 2.08 bits per heavy atom. The average molecular weight is 389 g/mol. The highest BCUT2D eigenvalue weighted by Gasteiger charge is 2.22. The van der Waals surface area contributed by atoms with Crippen molar-refractivity contribution in [2.24, 2.45) is 4.99 Å². The van der Waals surface area contributed by atoms with Crippen molar-refractivity contribution in [2.75, 3.05) is 18.1 Å². The predicted octanol–water partition coefficient (Wildman–Crippen LogP) is 4.77. The summed E-state index contributed by atoms with van der Waals surface area (Å²) in [5.41, 5.74) is 0.915. The molecule has 0 unspecified atom stereocenters. The van der Waals surface area contributed by atoms with Gasteiger partial charge in [-0.05, 0) is 25.0 Å². The van der Waals surface area contributed by atoms with Crippen molar-refractivity contribution in [1.29, 1.82) is 0 Å². The number of aromatic nitrogens is 1. The van der Waals surface area contributed by atoms with E-state index >= 15 is 0 Å². The van der Waals surface area contributed by atoms with Crippen LogP contribution in [0.1, 0.15) is 32.1 Å². The van der Waals surface area contributed by atoms with Gasteiger partial charge in [-0.25, -0.2) is 9.98 Å². The Kier molecular flexibility index (Phi) is 7.08. The molecule has 0 bridgehead atoms. The minimum atomic E-state index is -0.0530. The van der Waals surface area contributed by atoms with E-state index in [2.05, 4.69) is 22.2 Å². The number of hydrogen-bond acceptors (Lipinski definition) is 5. The Morgan fingerprint density at radius 1 is 1.31 bits per heavy atom. The first-order valence-corrected chi connectivity index (χ1v) is 10.8. The summed E-state index contributed by atoms with van der Waals surface area (Å²) in [7, 11) is 2.10. The molecule has 0 aliphatic heterocycles. The van der Waals surface area contributed by atoms with Crippen LogP contribution in [0.25, 0.3) is 0 Å². The molecule has 2 aromatic rings. The maximum Gasteiger partial charge on any atom is 0.236 e. The number of amidine groups is 1. The molecule has 0 saturated heterocycles. The summed E-state index contributed by atoms with van der Waals surface area (Å²) in [6.07, 6.45) is 7.92. The zero-order valence-electron chi connectivity index (χ0n) is 14.9. The first-order chi connectivity index (χ1) is 12.7. The van der Waals surface area contributed by atoms with Crippen molar-refractivity contribution in [1.82, 2.24) is 9.88 Å². The smallest absolute Gasteiger partial charge is 0.236 e. The zero-order valence-corrected chi connectivity index (χ0v) is 16.6. The standard InChI is InChI=1S/C19H24N4OS2/c1-23(16-10-6-3-7-11-16)19(21-15-8-4-2-5-9-15)26-14-17(24)22-18-20-12-13-25-18/h2,4-5,8-9,12-13,16H,3,6-7,10-11,14H2,1H3,(H,20,22,24). The SMILES string of the molecule is CN(C(=Nc1ccccc1)SCC(=O)Nc1nccs1)C1CCCCC1. The van der Waals surface area contributed by atoms with E-state index in [0.717, 1.165) is 10.9 Å². The number of rotatable bonds is 5. The molecule has 7 heteroatoms. The number of para-hydroxylation sites is 1. The van der Waals surface area contributed by atoms with Crippen molar-refractivity contribution < 1.29 is 4.79 Å². The molecular formula is C19H24N4OS2. The van der Waals surface area contributed by atoms with E-state index in [9.17, 15) is 4.79 Å². The number of amides is 1. The zero-order chi connectivity index (χ0) is 18.2. The fourth-order valence-electron chi connectivity index (χ4n) is 3.02. The Bertz CT molecular complexity index is 712. The molecule has 26 heavy (non-hydrogen) atoms. The molecule has 5 nitrogen and oxygen atoms in total. The minimum Gasteiger partial charge on any atom is -0.351 e. The highest BCUT2D eigenvalue weighted by atomic mass is 32.2. The summed E-state index contributed by atoms with van der Waals surface area (Å²) in [6.45, 7) is 0. The summed E-state index contributed by atoms with van der Waals surface area (Å²) in [5.74, 6) is 0.269. The second kappa shape index (κ2) is 9.73. The van der Waals surface area contributed by atoms with Gasteiger partial charge in [-0.3, -0.25) is 4.79 Å². The lowest BCUT2D eigenvalue weighted by Crippen LogP contribution is -2.37. The number of carbonyl (C=O) groups is 1. The van der Waals surface area contributed by atoms with Gasteiger partial charge in [0.25, 0.3) is 0 Å². The normalized spacial score (nSPS) is 15.7. The fraction of sp³-hybridized carbons (Fsp3) is 0.421. The summed E-state index contributed by atoms with van der Waals surface area (Å²) in [6, 6.07) is 10.4. The molecule has 0 atom stereocenters. The molecule has 0 radical (unpaired) electrons. The third-order valence-corrected chi connectivity index (χ3v) is 6.15. The number of benzene rings is 1. The van der Waals surface area contributed by atoms with E-state index in [-0.39, 0.29) is 5.91 Å². The lowest BCUT2D eigenvalue weighted by atomic mass is 9.95. The lowest BCUT2D eigenvalue weighted by Gasteiger charge is -2.33. The Hall–Kier alpha value is -1.86. The number of aliphatic imine (C=N–C) groups is 1. The topological polar surface area (TPSA) is 57.6 Å². The van der Waals surface area contributed by atoms with E-state index < -0.39 is 0 Å². The molecule has 1 aromatic carbocycles. The van der Waals surface area contributed by atoms with Crippen LogP contribution in [-0.2, 0) is 4.79 Å². The number of anilines is 1. The first kappa shape index (κ1) is 18.9. The summed E-state index contributed by atoms with van der Waals surface area (Å²) in [5, 5.41) is 6.22. The van der Waals surface area contributed by atoms with Gasteiger partial charge in [0.15, 0.2) is 10.3 Å². The number of hydrogen-bond donors (Lipinski definition) is 1. The van der Waals surface area contributed by atoms with Crippen molar-refractivity contribution in [3.05, 3.63) is 41.9 Å². The van der Waals surface area contributed by atoms with Crippen molar-refractivity contribution in [3.8, 4) is 0 Å². The van der Waals surface area contributed by atoms with E-state index in [1.165, 1.54) is 55.2 Å². The molecule has 138 valence electrons. The van der Waals surface area contributed by atoms with Gasteiger partial charge >= 0.3 is 0 Å². The van der Waals surface area contributed by atoms with E-state index in [0.29, 0.717) is 16.9 Å². The Morgan fingerprint density at radius 3 is 2.77 bits per heavy atom. The first-order valence-electron chi connectivity index (χ1n) is 8.91. The minimum absolute atomic E-state index is 0.0530. The third kappa shape index (κ3) is 5.57. The van der Waals surface area contributed by atoms with Gasteiger partial charge in [-0.2, -0.15) is 0 Å². The lowest BCUT2D eigenvalue weighted by molar-refractivity contribution is -0.113. The molecule has 1 aliphatic rings. The van der Waals surface area contributed by atoms with Crippen LogP contribution in [0.5, 0.6) is 0 Å². The molecule has 1 aliphatic carbocycles. The van der Waals surface area contributed by atoms with Crippen molar-refractivity contribution in [3.63, 3.8) is 0 Å². The summed E-state index contributed by atoms with van der Waals surface area (Å²) < 4.78 is 0. The molecule has 0 spiro atoms. The molecule has 3 rings (SSSR count). The van der Waals surface area contributed by atoms with Crippen LogP contribution in [-0.4, -0.2) is 39.8 Å². The largest absolute Gasteiger partial charge is 0.351 e. The number of nitrogens with one attached hydrogen (secondary N) is 1. The van der Waals surface area contributed by atoms with Gasteiger partial charge in [-0.15, -0.1) is 11.3 Å². The van der Waals surface area contributed by atoms with Crippen LogP contribution in [0.15, 0.2) is 46.9 Å². The average Bonchev–Trinajstić information content (AvgIpc) is 3.19. The monoisotopic (exact) mass is 388 g/mol. The quantitative estimate of drug-likeness (QED) is 0.592. The predicted molar refractivity (Wildman–Crippen MR) is 111 cm³/mol. The number of thiazole rings is 1. The van der Waals surface area contributed by atoms with Crippen LogP contribution < -0.4 is 5.32 Å². The number of thioether (sulfide) groups is 1. The molecular weight excluding hydrogens is 364 g/mol. The van der Waals surface area contributed by atoms with Crippen molar-refractivity contribution >= 4 is 45.0 Å². The van der Waals surface area contributed by atoms with Crippen molar-refractivity contribution in [2.45, 2.75) is 38.1 Å². The highest BCUT2D eigenvalue weighted by molar-refractivity contribution is 8.14. The highest BCUT2D eigenvalue weighted by Crippen LogP contribution is 2.26. The Balaban J connectivity index is 1.67. The molecule has 1 heterocycles. The number of carbonyl (C=O) groups excluding carboxylic acids is 1. The molecule has 1 fully saturated rings.